The van der Waals surface area contributed by atoms with Gasteiger partial charge < -0.3 is 19.8 Å². The lowest BCUT2D eigenvalue weighted by Crippen LogP contribution is -2.30. The zero-order chi connectivity index (χ0) is 25.0. The van der Waals surface area contributed by atoms with Crippen LogP contribution < -0.4 is 15.4 Å². The highest BCUT2D eigenvalue weighted by Crippen LogP contribution is 2.32. The highest BCUT2D eigenvalue weighted by Gasteiger charge is 2.21. The Morgan fingerprint density at radius 1 is 1.18 bits per heavy atom. The first-order valence-electron chi connectivity index (χ1n) is 11.2. The zero-order valence-electron chi connectivity index (χ0n) is 20.4. The van der Waals surface area contributed by atoms with Gasteiger partial charge in [0.25, 0.3) is 11.8 Å². The molecular weight excluding hydrogens is 456 g/mol. The molecule has 0 aliphatic rings. The van der Waals surface area contributed by atoms with Crippen LogP contribution >= 0.6 is 11.6 Å². The fourth-order valence-corrected chi connectivity index (χ4v) is 3.51. The van der Waals surface area contributed by atoms with Gasteiger partial charge in [0.2, 0.25) is 0 Å². The maximum Gasteiger partial charge on any atom is 0.291 e. The number of carbonyl (C=O) groups is 2. The molecule has 0 saturated heterocycles. The molecule has 0 aliphatic carbocycles. The molecule has 2 N–H and O–H groups in total. The number of hydrogen-bond acceptors (Lipinski definition) is 5. The molecule has 2 aromatic heterocycles. The summed E-state index contributed by atoms with van der Waals surface area (Å²) in [5.74, 6) is 1.07. The molecule has 0 saturated carbocycles. The fourth-order valence-electron chi connectivity index (χ4n) is 3.34. The van der Waals surface area contributed by atoms with Crippen molar-refractivity contribution in [3.05, 3.63) is 63.8 Å². The number of ether oxygens (including phenoxy) is 1. The van der Waals surface area contributed by atoms with E-state index in [4.69, 9.17) is 20.8 Å². The van der Waals surface area contributed by atoms with Crippen LogP contribution in [-0.2, 0) is 13.7 Å². The molecule has 182 valence electrons. The van der Waals surface area contributed by atoms with E-state index in [1.54, 1.807) is 19.2 Å². The van der Waals surface area contributed by atoms with E-state index in [-0.39, 0.29) is 29.9 Å². The van der Waals surface area contributed by atoms with Gasteiger partial charge in [0.15, 0.2) is 5.76 Å². The third-order valence-corrected chi connectivity index (χ3v) is 5.65. The molecule has 0 fully saturated rings. The first-order valence-corrected chi connectivity index (χ1v) is 11.6. The number of aromatic nitrogens is 2. The number of benzene rings is 1. The predicted octanol–water partition coefficient (Wildman–Crippen LogP) is 5.32. The molecule has 2 amide bonds. The number of nitrogens with one attached hydrogen (secondary N) is 2. The maximum absolute atomic E-state index is 12.7. The highest BCUT2D eigenvalue weighted by atomic mass is 35.5. The Morgan fingerprint density at radius 3 is 2.59 bits per heavy atom. The van der Waals surface area contributed by atoms with Gasteiger partial charge in [-0.25, -0.2) is 0 Å². The number of hydrogen-bond donors (Lipinski definition) is 2. The molecule has 1 aromatic carbocycles. The fraction of sp³-hybridized carbons (Fsp3) is 0.400. The summed E-state index contributed by atoms with van der Waals surface area (Å²) in [7, 11) is 1.65. The van der Waals surface area contributed by atoms with Crippen LogP contribution in [0.3, 0.4) is 0 Å². The average molecular weight is 487 g/mol. The van der Waals surface area contributed by atoms with Gasteiger partial charge >= 0.3 is 0 Å². The van der Waals surface area contributed by atoms with E-state index in [0.717, 1.165) is 16.9 Å². The van der Waals surface area contributed by atoms with Crippen LogP contribution in [-0.4, -0.2) is 28.1 Å². The summed E-state index contributed by atoms with van der Waals surface area (Å²) in [6.07, 6.45) is 1.44. The summed E-state index contributed by atoms with van der Waals surface area (Å²) in [5.41, 5.74) is 2.50. The molecule has 0 spiro atoms. The first-order chi connectivity index (χ1) is 16.1. The topological polar surface area (TPSA) is 98.4 Å². The van der Waals surface area contributed by atoms with Crippen molar-refractivity contribution < 1.29 is 18.7 Å². The predicted molar refractivity (Wildman–Crippen MR) is 132 cm³/mol. The Kier molecular flexibility index (Phi) is 8.04. The molecule has 34 heavy (non-hydrogen) atoms. The van der Waals surface area contributed by atoms with Crippen molar-refractivity contribution in [1.29, 1.82) is 0 Å². The second-order valence-corrected chi connectivity index (χ2v) is 9.34. The minimum atomic E-state index is -0.484. The van der Waals surface area contributed by atoms with E-state index in [0.29, 0.717) is 28.9 Å². The van der Waals surface area contributed by atoms with Crippen LogP contribution in [0.5, 0.6) is 5.75 Å². The van der Waals surface area contributed by atoms with Gasteiger partial charge in [-0.05, 0) is 54.2 Å². The van der Waals surface area contributed by atoms with E-state index < -0.39 is 5.91 Å². The number of nitrogens with zero attached hydrogens (tertiary/aromatic N) is 2. The summed E-state index contributed by atoms with van der Waals surface area (Å²) in [6.45, 7) is 10.7. The number of rotatable bonds is 9. The van der Waals surface area contributed by atoms with Crippen LogP contribution in [0.15, 0.2) is 34.9 Å². The van der Waals surface area contributed by atoms with Gasteiger partial charge in [0, 0.05) is 18.6 Å². The van der Waals surface area contributed by atoms with Crippen molar-refractivity contribution in [2.45, 2.75) is 47.1 Å². The Balaban J connectivity index is 1.68. The molecular formula is C25H31ClN4O4. The van der Waals surface area contributed by atoms with Crippen molar-refractivity contribution in [3.8, 4) is 5.75 Å². The molecule has 8 nitrogen and oxygen atoms in total. The monoisotopic (exact) mass is 486 g/mol. The number of furan rings is 1. The van der Waals surface area contributed by atoms with Gasteiger partial charge in [0.05, 0.1) is 11.9 Å². The lowest BCUT2D eigenvalue weighted by molar-refractivity contribution is 0.0940. The zero-order valence-corrected chi connectivity index (χ0v) is 21.1. The average Bonchev–Trinajstić information content (AvgIpc) is 3.39. The van der Waals surface area contributed by atoms with Crippen molar-refractivity contribution in [3.63, 3.8) is 0 Å². The van der Waals surface area contributed by atoms with E-state index in [1.807, 2.05) is 32.9 Å². The van der Waals surface area contributed by atoms with E-state index in [1.165, 1.54) is 10.9 Å². The summed E-state index contributed by atoms with van der Waals surface area (Å²) in [4.78, 5) is 25.3. The van der Waals surface area contributed by atoms with E-state index in [2.05, 4.69) is 29.6 Å². The number of amides is 2. The lowest BCUT2D eigenvalue weighted by Gasteiger charge is -2.15. The van der Waals surface area contributed by atoms with Crippen LogP contribution in [0.1, 0.15) is 71.5 Å². The highest BCUT2D eigenvalue weighted by molar-refractivity contribution is 6.31. The third kappa shape index (κ3) is 5.99. The van der Waals surface area contributed by atoms with Crippen LogP contribution in [0.25, 0.3) is 0 Å². The minimum absolute atomic E-state index is 0.104. The molecule has 2 heterocycles. The molecule has 9 heteroatoms. The van der Waals surface area contributed by atoms with Crippen molar-refractivity contribution in [2.75, 3.05) is 11.9 Å². The van der Waals surface area contributed by atoms with Crippen molar-refractivity contribution in [1.82, 2.24) is 15.1 Å². The standard InChI is InChI=1S/C25H31ClN4O4/c1-14(2)11-27-25(32)23-20(12-28-30(23)6)29-24(31)21-8-7-17(34-21)13-33-22-9-16(5)19(26)10-18(22)15(3)4/h7-10,12,14-15H,11,13H2,1-6H3,(H,27,32)(H,29,31). The van der Waals surface area contributed by atoms with Gasteiger partial charge in [0.1, 0.15) is 23.8 Å². The van der Waals surface area contributed by atoms with Gasteiger partial charge in [-0.3, -0.25) is 14.3 Å². The Labute approximate surface area is 204 Å². The second kappa shape index (κ2) is 10.8. The minimum Gasteiger partial charge on any atom is -0.485 e. The quantitative estimate of drug-likeness (QED) is 0.426. The van der Waals surface area contributed by atoms with Crippen LogP contribution in [0.4, 0.5) is 5.69 Å². The molecule has 0 atom stereocenters. The van der Waals surface area contributed by atoms with E-state index in [9.17, 15) is 9.59 Å². The van der Waals surface area contributed by atoms with Gasteiger partial charge in [-0.1, -0.05) is 39.3 Å². The molecule has 3 aromatic rings. The summed E-state index contributed by atoms with van der Waals surface area (Å²) < 4.78 is 13.1. The Morgan fingerprint density at radius 2 is 1.91 bits per heavy atom. The Hall–Kier alpha value is -3.26. The number of halogens is 1. The van der Waals surface area contributed by atoms with E-state index >= 15 is 0 Å². The van der Waals surface area contributed by atoms with Crippen LogP contribution in [0, 0.1) is 12.8 Å². The normalized spacial score (nSPS) is 11.2. The molecule has 0 radical (unpaired) electrons. The summed E-state index contributed by atoms with van der Waals surface area (Å²) in [6, 6.07) is 7.08. The molecule has 0 aliphatic heterocycles. The molecule has 3 rings (SSSR count). The summed E-state index contributed by atoms with van der Waals surface area (Å²) in [5, 5.41) is 10.3. The largest absolute Gasteiger partial charge is 0.485 e. The SMILES string of the molecule is Cc1cc(OCc2ccc(C(=O)Nc3cnn(C)c3C(=O)NCC(C)C)o2)c(C(C)C)cc1Cl. The third-order valence-electron chi connectivity index (χ3n) is 5.24. The molecule has 0 bridgehead atoms. The number of anilines is 1. The lowest BCUT2D eigenvalue weighted by atomic mass is 10.0. The second-order valence-electron chi connectivity index (χ2n) is 8.94. The van der Waals surface area contributed by atoms with Crippen molar-refractivity contribution in [2.24, 2.45) is 13.0 Å². The number of carbonyl (C=O) groups excluding carboxylic acids is 2. The summed E-state index contributed by atoms with van der Waals surface area (Å²) >= 11 is 6.27. The smallest absolute Gasteiger partial charge is 0.291 e. The first kappa shape index (κ1) is 25.4. The number of aryl methyl sites for hydroxylation is 2. The Bertz CT molecular complexity index is 1180. The molecule has 0 unspecified atom stereocenters. The van der Waals surface area contributed by atoms with Crippen LogP contribution in [0.2, 0.25) is 5.02 Å². The van der Waals surface area contributed by atoms with Gasteiger partial charge in [-0.15, -0.1) is 0 Å². The maximum atomic E-state index is 12.7. The van der Waals surface area contributed by atoms with Gasteiger partial charge in [-0.2, -0.15) is 5.10 Å². The van der Waals surface area contributed by atoms with Crippen molar-refractivity contribution >= 4 is 29.1 Å².